The summed E-state index contributed by atoms with van der Waals surface area (Å²) in [7, 11) is 0. The Labute approximate surface area is 213 Å². The minimum atomic E-state index is -0.728. The molecule has 0 N–H and O–H groups in total. The van der Waals surface area contributed by atoms with Crippen molar-refractivity contribution in [1.29, 1.82) is 0 Å². The van der Waals surface area contributed by atoms with Crippen LogP contribution in [-0.4, -0.2) is 18.4 Å². The van der Waals surface area contributed by atoms with Gasteiger partial charge in [-0.1, -0.05) is 47.5 Å². The van der Waals surface area contributed by atoms with Gasteiger partial charge in [-0.15, -0.1) is 0 Å². The van der Waals surface area contributed by atoms with Crippen LogP contribution < -0.4 is 15.1 Å². The zero-order valence-electron chi connectivity index (χ0n) is 20.1. The van der Waals surface area contributed by atoms with Gasteiger partial charge in [-0.3, -0.25) is 14.4 Å². The Kier molecular flexibility index (Phi) is 6.14. The van der Waals surface area contributed by atoms with Crippen molar-refractivity contribution in [3.63, 3.8) is 0 Å². The predicted octanol–water partition coefficient (Wildman–Crippen LogP) is 6.00. The van der Waals surface area contributed by atoms with Crippen molar-refractivity contribution in [2.45, 2.75) is 27.2 Å². The minimum absolute atomic E-state index is 0.0154. The standard InChI is InChI=1S/C29H24ClNO5/c1-16-4-6-19(7-5-16)27-28(25(33)23-13-17(2)12-18(3)26(23)35-27)36-29(34)20-14-24(32)31(15-20)22-10-8-21(30)9-11-22/h4-13,20H,14-15H2,1-3H3. The van der Waals surface area contributed by atoms with Crippen LogP contribution in [0.2, 0.25) is 5.02 Å². The number of halogens is 1. The number of fused-ring (bicyclic) bond motifs is 1. The Bertz CT molecular complexity index is 1550. The van der Waals surface area contributed by atoms with E-state index in [1.807, 2.05) is 51.1 Å². The van der Waals surface area contributed by atoms with Crippen LogP contribution in [0.15, 0.2) is 69.9 Å². The molecule has 1 fully saturated rings. The van der Waals surface area contributed by atoms with Gasteiger partial charge in [0.25, 0.3) is 0 Å². The summed E-state index contributed by atoms with van der Waals surface area (Å²) in [6, 6.07) is 17.9. The van der Waals surface area contributed by atoms with Gasteiger partial charge in [0, 0.05) is 29.2 Å². The van der Waals surface area contributed by atoms with Crippen molar-refractivity contribution >= 4 is 40.1 Å². The van der Waals surface area contributed by atoms with Crippen LogP contribution in [0, 0.1) is 26.7 Å². The van der Waals surface area contributed by atoms with Crippen molar-refractivity contribution in [2.24, 2.45) is 5.92 Å². The molecule has 1 unspecified atom stereocenters. The van der Waals surface area contributed by atoms with Gasteiger partial charge < -0.3 is 14.1 Å². The molecule has 1 aliphatic heterocycles. The van der Waals surface area contributed by atoms with Crippen LogP contribution in [0.25, 0.3) is 22.3 Å². The third kappa shape index (κ3) is 4.40. The van der Waals surface area contributed by atoms with E-state index in [0.29, 0.717) is 27.2 Å². The highest BCUT2D eigenvalue weighted by molar-refractivity contribution is 6.30. The van der Waals surface area contributed by atoms with E-state index in [9.17, 15) is 14.4 Å². The maximum atomic E-state index is 13.6. The van der Waals surface area contributed by atoms with Crippen LogP contribution >= 0.6 is 11.6 Å². The number of anilines is 1. The van der Waals surface area contributed by atoms with Crippen LogP contribution in [0.4, 0.5) is 5.69 Å². The number of carbonyl (C=O) groups is 2. The molecule has 1 saturated heterocycles. The number of esters is 1. The highest BCUT2D eigenvalue weighted by atomic mass is 35.5. The highest BCUT2D eigenvalue weighted by Gasteiger charge is 2.37. The highest BCUT2D eigenvalue weighted by Crippen LogP contribution is 2.34. The van der Waals surface area contributed by atoms with Gasteiger partial charge >= 0.3 is 5.97 Å². The zero-order chi connectivity index (χ0) is 25.6. The molecule has 0 radical (unpaired) electrons. The van der Waals surface area contributed by atoms with E-state index in [-0.39, 0.29) is 30.4 Å². The Morgan fingerprint density at radius 2 is 1.67 bits per heavy atom. The van der Waals surface area contributed by atoms with Crippen molar-refractivity contribution in [3.8, 4) is 17.1 Å². The van der Waals surface area contributed by atoms with Gasteiger partial charge in [-0.2, -0.15) is 0 Å². The Balaban J connectivity index is 1.53. The molecule has 3 aromatic carbocycles. The first-order valence-corrected chi connectivity index (χ1v) is 12.0. The quantitative estimate of drug-likeness (QED) is 0.321. The van der Waals surface area contributed by atoms with Crippen molar-refractivity contribution in [1.82, 2.24) is 0 Å². The summed E-state index contributed by atoms with van der Waals surface area (Å²) in [6.45, 7) is 5.87. The lowest BCUT2D eigenvalue weighted by Gasteiger charge is -2.17. The predicted molar refractivity (Wildman–Crippen MR) is 140 cm³/mol. The average molecular weight is 502 g/mol. The molecule has 0 aliphatic carbocycles. The average Bonchev–Trinajstić information content (AvgIpc) is 3.24. The third-order valence-electron chi connectivity index (χ3n) is 6.39. The SMILES string of the molecule is Cc1ccc(-c2oc3c(C)cc(C)cc3c(=O)c2OC(=O)C2CC(=O)N(c3ccc(Cl)cc3)C2)cc1. The van der Waals surface area contributed by atoms with Gasteiger partial charge in [0.15, 0.2) is 5.76 Å². The summed E-state index contributed by atoms with van der Waals surface area (Å²) in [4.78, 5) is 41.0. The molecule has 6 nitrogen and oxygen atoms in total. The molecule has 2 heterocycles. The van der Waals surface area contributed by atoms with Crippen LogP contribution in [0.1, 0.15) is 23.1 Å². The molecule has 7 heteroatoms. The second-order valence-electron chi connectivity index (χ2n) is 9.22. The van der Waals surface area contributed by atoms with Crippen molar-refractivity contribution in [2.75, 3.05) is 11.4 Å². The van der Waals surface area contributed by atoms with Gasteiger partial charge in [-0.05, 0) is 62.2 Å². The first-order chi connectivity index (χ1) is 17.2. The topological polar surface area (TPSA) is 76.8 Å². The number of hydrogen-bond acceptors (Lipinski definition) is 5. The summed E-state index contributed by atoms with van der Waals surface area (Å²) in [5.74, 6) is -1.56. The number of hydrogen-bond donors (Lipinski definition) is 0. The molecular formula is C29H24ClNO5. The van der Waals surface area contributed by atoms with E-state index >= 15 is 0 Å². The third-order valence-corrected chi connectivity index (χ3v) is 6.65. The second kappa shape index (κ2) is 9.28. The molecule has 1 aromatic heterocycles. The normalized spacial score (nSPS) is 15.5. The minimum Gasteiger partial charge on any atom is -0.452 e. The number of amides is 1. The van der Waals surface area contributed by atoms with Gasteiger partial charge in [0.2, 0.25) is 17.1 Å². The van der Waals surface area contributed by atoms with E-state index < -0.39 is 17.3 Å². The summed E-state index contributed by atoms with van der Waals surface area (Å²) >= 11 is 5.96. The van der Waals surface area contributed by atoms with E-state index in [4.69, 9.17) is 20.8 Å². The molecule has 1 aliphatic rings. The lowest BCUT2D eigenvalue weighted by Crippen LogP contribution is -2.28. The van der Waals surface area contributed by atoms with Crippen LogP contribution in [0.3, 0.4) is 0 Å². The summed E-state index contributed by atoms with van der Waals surface area (Å²) < 4.78 is 11.9. The second-order valence-corrected chi connectivity index (χ2v) is 9.65. The fourth-order valence-corrected chi connectivity index (χ4v) is 4.67. The number of benzene rings is 3. The number of aryl methyl sites for hydroxylation is 3. The molecule has 0 bridgehead atoms. The molecule has 4 aromatic rings. The lowest BCUT2D eigenvalue weighted by atomic mass is 10.0. The van der Waals surface area contributed by atoms with E-state index in [2.05, 4.69) is 0 Å². The number of nitrogens with zero attached hydrogens (tertiary/aromatic N) is 1. The Morgan fingerprint density at radius 3 is 2.36 bits per heavy atom. The maximum Gasteiger partial charge on any atom is 0.316 e. The molecule has 1 amide bonds. The fraction of sp³-hybridized carbons (Fsp3) is 0.207. The van der Waals surface area contributed by atoms with Gasteiger partial charge in [0.1, 0.15) is 5.58 Å². The molecule has 5 rings (SSSR count). The van der Waals surface area contributed by atoms with E-state index in [1.54, 1.807) is 30.3 Å². The monoisotopic (exact) mass is 501 g/mol. The molecule has 36 heavy (non-hydrogen) atoms. The molecule has 0 saturated carbocycles. The maximum absolute atomic E-state index is 13.6. The van der Waals surface area contributed by atoms with Crippen LogP contribution in [0.5, 0.6) is 5.75 Å². The number of rotatable bonds is 4. The molecule has 182 valence electrons. The lowest BCUT2D eigenvalue weighted by molar-refractivity contribution is -0.139. The van der Waals surface area contributed by atoms with Crippen molar-refractivity contribution < 1.29 is 18.7 Å². The Morgan fingerprint density at radius 1 is 0.972 bits per heavy atom. The Hall–Kier alpha value is -3.90. The van der Waals surface area contributed by atoms with E-state index in [0.717, 1.165) is 16.7 Å². The molecule has 1 atom stereocenters. The summed E-state index contributed by atoms with van der Waals surface area (Å²) in [5, 5.41) is 0.898. The summed E-state index contributed by atoms with van der Waals surface area (Å²) in [6.07, 6.45) is -0.0154. The smallest absolute Gasteiger partial charge is 0.316 e. The molecular weight excluding hydrogens is 478 g/mol. The van der Waals surface area contributed by atoms with Crippen molar-refractivity contribution in [3.05, 3.63) is 92.6 Å². The van der Waals surface area contributed by atoms with E-state index in [1.165, 1.54) is 4.90 Å². The first-order valence-electron chi connectivity index (χ1n) is 11.6. The number of carbonyl (C=O) groups excluding carboxylic acids is 2. The first kappa shape index (κ1) is 23.8. The largest absolute Gasteiger partial charge is 0.452 e. The number of ether oxygens (including phenoxy) is 1. The summed E-state index contributed by atoms with van der Waals surface area (Å²) in [5.41, 5.74) is 4.04. The van der Waals surface area contributed by atoms with Gasteiger partial charge in [-0.25, -0.2) is 0 Å². The molecule has 0 spiro atoms. The zero-order valence-corrected chi connectivity index (χ0v) is 20.9. The fourth-order valence-electron chi connectivity index (χ4n) is 4.54. The van der Waals surface area contributed by atoms with Gasteiger partial charge in [0.05, 0.1) is 11.3 Å². The van der Waals surface area contributed by atoms with Crippen LogP contribution in [-0.2, 0) is 9.59 Å².